The molecular formula is C11H21N. The van der Waals surface area contributed by atoms with Gasteiger partial charge in [0.1, 0.15) is 0 Å². The van der Waals surface area contributed by atoms with E-state index < -0.39 is 0 Å². The third kappa shape index (κ3) is 6.24. The van der Waals surface area contributed by atoms with Crippen molar-refractivity contribution >= 4 is 0 Å². The molecule has 1 N–H and O–H groups in total. The molecule has 0 aromatic heterocycles. The highest BCUT2D eigenvalue weighted by molar-refractivity contribution is 4.84. The van der Waals surface area contributed by atoms with Crippen LogP contribution in [0.25, 0.3) is 0 Å². The Kier molecular flexibility index (Phi) is 8.27. The van der Waals surface area contributed by atoms with Crippen LogP contribution in [-0.2, 0) is 0 Å². The number of unbranched alkanes of at least 4 members (excludes halogenated alkanes) is 1. The predicted octanol–water partition coefficient (Wildman–Crippen LogP) is 2.57. The van der Waals surface area contributed by atoms with Crippen molar-refractivity contribution in [3.8, 4) is 12.3 Å². The smallest absolute Gasteiger partial charge is 0.0211 e. The van der Waals surface area contributed by atoms with Gasteiger partial charge in [-0.05, 0) is 12.8 Å². The molecule has 1 unspecified atom stereocenters. The maximum Gasteiger partial charge on any atom is 0.0211 e. The lowest BCUT2D eigenvalue weighted by Crippen LogP contribution is -2.29. The summed E-state index contributed by atoms with van der Waals surface area (Å²) < 4.78 is 0. The van der Waals surface area contributed by atoms with Crippen molar-refractivity contribution < 1.29 is 0 Å². The van der Waals surface area contributed by atoms with E-state index in [0.717, 1.165) is 13.0 Å². The largest absolute Gasteiger partial charge is 0.313 e. The fourth-order valence-corrected chi connectivity index (χ4v) is 1.25. The van der Waals surface area contributed by atoms with Gasteiger partial charge in [-0.1, -0.05) is 26.7 Å². The summed E-state index contributed by atoms with van der Waals surface area (Å²) in [4.78, 5) is 0. The Labute approximate surface area is 76.9 Å². The second kappa shape index (κ2) is 8.62. The number of hydrogen-bond donors (Lipinski definition) is 1. The minimum Gasteiger partial charge on any atom is -0.313 e. The SMILES string of the molecule is C#CCCNC(CC)CCCC. The van der Waals surface area contributed by atoms with E-state index in [-0.39, 0.29) is 0 Å². The average Bonchev–Trinajstić information content (AvgIpc) is 2.11. The molecule has 0 saturated carbocycles. The molecule has 0 aliphatic heterocycles. The summed E-state index contributed by atoms with van der Waals surface area (Å²) in [5.41, 5.74) is 0. The topological polar surface area (TPSA) is 12.0 Å². The number of rotatable bonds is 7. The van der Waals surface area contributed by atoms with Crippen molar-refractivity contribution in [3.05, 3.63) is 0 Å². The fourth-order valence-electron chi connectivity index (χ4n) is 1.25. The van der Waals surface area contributed by atoms with Gasteiger partial charge in [0.15, 0.2) is 0 Å². The van der Waals surface area contributed by atoms with Gasteiger partial charge in [0.05, 0.1) is 0 Å². The zero-order valence-electron chi connectivity index (χ0n) is 8.40. The molecule has 0 aromatic rings. The second-order valence-corrected chi connectivity index (χ2v) is 3.16. The van der Waals surface area contributed by atoms with Gasteiger partial charge in [-0.15, -0.1) is 12.3 Å². The van der Waals surface area contributed by atoms with Crippen LogP contribution in [0.15, 0.2) is 0 Å². The first-order chi connectivity index (χ1) is 5.85. The van der Waals surface area contributed by atoms with Crippen LogP contribution >= 0.6 is 0 Å². The molecular weight excluding hydrogens is 146 g/mol. The Hall–Kier alpha value is -0.480. The van der Waals surface area contributed by atoms with Crippen LogP contribution in [0.4, 0.5) is 0 Å². The lowest BCUT2D eigenvalue weighted by atomic mass is 10.1. The van der Waals surface area contributed by atoms with E-state index in [1.54, 1.807) is 0 Å². The molecule has 0 aliphatic carbocycles. The van der Waals surface area contributed by atoms with Gasteiger partial charge in [-0.25, -0.2) is 0 Å². The lowest BCUT2D eigenvalue weighted by Gasteiger charge is -2.15. The highest BCUT2D eigenvalue weighted by Gasteiger charge is 2.02. The maximum atomic E-state index is 5.17. The third-order valence-corrected chi connectivity index (χ3v) is 2.10. The van der Waals surface area contributed by atoms with Crippen LogP contribution in [0, 0.1) is 12.3 Å². The number of terminal acetylenes is 1. The zero-order valence-corrected chi connectivity index (χ0v) is 8.40. The molecule has 1 heteroatoms. The second-order valence-electron chi connectivity index (χ2n) is 3.16. The summed E-state index contributed by atoms with van der Waals surface area (Å²) in [7, 11) is 0. The van der Waals surface area contributed by atoms with E-state index in [9.17, 15) is 0 Å². The van der Waals surface area contributed by atoms with Gasteiger partial charge in [0.25, 0.3) is 0 Å². The molecule has 0 fully saturated rings. The summed E-state index contributed by atoms with van der Waals surface area (Å²) in [6, 6.07) is 0.679. The Morgan fingerprint density at radius 2 is 2.17 bits per heavy atom. The molecule has 0 aliphatic rings. The van der Waals surface area contributed by atoms with Crippen molar-refractivity contribution in [2.24, 2.45) is 0 Å². The molecule has 70 valence electrons. The standard InChI is InChI=1S/C11H21N/c1-4-7-9-11(6-3)12-10-8-5-2/h2,11-12H,4,6-10H2,1,3H3. The first-order valence-corrected chi connectivity index (χ1v) is 5.02. The maximum absolute atomic E-state index is 5.17. The molecule has 1 atom stereocenters. The molecule has 0 bridgehead atoms. The summed E-state index contributed by atoms with van der Waals surface area (Å²) in [5, 5.41) is 3.46. The molecule has 0 radical (unpaired) electrons. The Bertz CT molecular complexity index is 123. The van der Waals surface area contributed by atoms with Gasteiger partial charge in [0.2, 0.25) is 0 Å². The highest BCUT2D eigenvalue weighted by Crippen LogP contribution is 2.03. The van der Waals surface area contributed by atoms with Crippen LogP contribution in [0.2, 0.25) is 0 Å². The predicted molar refractivity (Wildman–Crippen MR) is 55.1 cm³/mol. The molecule has 0 saturated heterocycles. The van der Waals surface area contributed by atoms with Crippen molar-refractivity contribution in [1.29, 1.82) is 0 Å². The first-order valence-electron chi connectivity index (χ1n) is 5.02. The third-order valence-electron chi connectivity index (χ3n) is 2.10. The van der Waals surface area contributed by atoms with E-state index >= 15 is 0 Å². The van der Waals surface area contributed by atoms with Crippen LogP contribution in [0.1, 0.15) is 46.0 Å². The molecule has 0 amide bonds. The van der Waals surface area contributed by atoms with E-state index in [0.29, 0.717) is 6.04 Å². The molecule has 0 heterocycles. The first kappa shape index (κ1) is 11.5. The molecule has 0 rings (SSSR count). The fraction of sp³-hybridized carbons (Fsp3) is 0.818. The summed E-state index contributed by atoms with van der Waals surface area (Å²) in [6.45, 7) is 5.43. The van der Waals surface area contributed by atoms with Gasteiger partial charge in [-0.3, -0.25) is 0 Å². The van der Waals surface area contributed by atoms with Crippen LogP contribution in [0.5, 0.6) is 0 Å². The summed E-state index contributed by atoms with van der Waals surface area (Å²) in [5.74, 6) is 2.64. The molecule has 0 spiro atoms. The van der Waals surface area contributed by atoms with Crippen molar-refractivity contribution in [2.45, 2.75) is 52.0 Å². The monoisotopic (exact) mass is 167 g/mol. The molecule has 12 heavy (non-hydrogen) atoms. The molecule has 0 aromatic carbocycles. The van der Waals surface area contributed by atoms with Gasteiger partial charge in [-0.2, -0.15) is 0 Å². The highest BCUT2D eigenvalue weighted by atomic mass is 14.9. The van der Waals surface area contributed by atoms with Gasteiger partial charge >= 0.3 is 0 Å². The van der Waals surface area contributed by atoms with E-state index in [4.69, 9.17) is 6.42 Å². The Balaban J connectivity index is 3.34. The van der Waals surface area contributed by atoms with Crippen LogP contribution < -0.4 is 5.32 Å². The Morgan fingerprint density at radius 1 is 1.42 bits per heavy atom. The quantitative estimate of drug-likeness (QED) is 0.454. The van der Waals surface area contributed by atoms with Gasteiger partial charge in [0, 0.05) is 19.0 Å². The van der Waals surface area contributed by atoms with E-state index in [1.165, 1.54) is 25.7 Å². The zero-order chi connectivity index (χ0) is 9.23. The number of nitrogens with one attached hydrogen (secondary N) is 1. The molecule has 1 nitrogen and oxygen atoms in total. The van der Waals surface area contributed by atoms with Crippen LogP contribution in [0.3, 0.4) is 0 Å². The average molecular weight is 167 g/mol. The normalized spacial score (nSPS) is 12.4. The van der Waals surface area contributed by atoms with E-state index in [2.05, 4.69) is 25.1 Å². The van der Waals surface area contributed by atoms with Crippen molar-refractivity contribution in [1.82, 2.24) is 5.32 Å². The van der Waals surface area contributed by atoms with Crippen molar-refractivity contribution in [2.75, 3.05) is 6.54 Å². The van der Waals surface area contributed by atoms with Crippen molar-refractivity contribution in [3.63, 3.8) is 0 Å². The summed E-state index contributed by atoms with van der Waals surface area (Å²) >= 11 is 0. The summed E-state index contributed by atoms with van der Waals surface area (Å²) in [6.07, 6.45) is 11.1. The van der Waals surface area contributed by atoms with E-state index in [1.807, 2.05) is 0 Å². The Morgan fingerprint density at radius 3 is 2.67 bits per heavy atom. The van der Waals surface area contributed by atoms with Crippen LogP contribution in [-0.4, -0.2) is 12.6 Å². The van der Waals surface area contributed by atoms with Gasteiger partial charge < -0.3 is 5.32 Å². The number of hydrogen-bond acceptors (Lipinski definition) is 1. The minimum absolute atomic E-state index is 0.679. The minimum atomic E-state index is 0.679. The lowest BCUT2D eigenvalue weighted by molar-refractivity contribution is 0.459.